The largest absolute Gasteiger partial charge is 0.550 e. The number of thioether (sulfide) groups is 1. The van der Waals surface area contributed by atoms with Crippen LogP contribution in [0.2, 0.25) is 0 Å². The van der Waals surface area contributed by atoms with Crippen molar-refractivity contribution in [2.24, 2.45) is 0 Å². The van der Waals surface area contributed by atoms with Gasteiger partial charge in [0.25, 0.3) is 5.91 Å². The minimum atomic E-state index is -1.13. The predicted molar refractivity (Wildman–Crippen MR) is 78.4 cm³/mol. The molecule has 104 valence electrons. The summed E-state index contributed by atoms with van der Waals surface area (Å²) in [6, 6.07) is 5.42. The molecule has 1 aromatic rings. The molecule has 5 nitrogen and oxygen atoms in total. The monoisotopic (exact) mass is 307 g/mol. The molecular weight excluding hydrogens is 296 g/mol. The lowest BCUT2D eigenvalue weighted by Gasteiger charge is -2.14. The average Bonchev–Trinajstić information content (AvgIpc) is 2.67. The summed E-state index contributed by atoms with van der Waals surface area (Å²) < 4.78 is 0.440. The first-order valence-electron chi connectivity index (χ1n) is 5.94. The zero-order valence-electron chi connectivity index (χ0n) is 10.4. The highest BCUT2D eigenvalue weighted by molar-refractivity contribution is 8.26. The van der Waals surface area contributed by atoms with Gasteiger partial charge in [-0.25, -0.2) is 0 Å². The molecule has 2 rings (SSSR count). The fourth-order valence-electron chi connectivity index (χ4n) is 1.67. The van der Waals surface area contributed by atoms with Gasteiger partial charge in [-0.1, -0.05) is 30.0 Å². The number of aliphatic carboxylic acids is 1. The second-order valence-corrected chi connectivity index (χ2v) is 5.74. The Balaban J connectivity index is 2.05. The zero-order valence-corrected chi connectivity index (χ0v) is 12.1. The normalized spacial score (nSPS) is 17.0. The topological polar surface area (TPSA) is 73.3 Å². The van der Waals surface area contributed by atoms with Crippen LogP contribution in [0.4, 0.5) is 0 Å². The van der Waals surface area contributed by atoms with Gasteiger partial charge in [0.15, 0.2) is 0 Å². The van der Waals surface area contributed by atoms with Crippen LogP contribution in [-0.2, 0) is 9.59 Å². The smallest absolute Gasteiger partial charge is 0.266 e. The summed E-state index contributed by atoms with van der Waals surface area (Å²) in [6.07, 6.45) is 3.56. The van der Waals surface area contributed by atoms with Gasteiger partial charge in [-0.15, -0.1) is 0 Å². The van der Waals surface area contributed by atoms with Crippen LogP contribution in [-0.4, -0.2) is 32.6 Å². The van der Waals surface area contributed by atoms with E-state index in [1.807, 2.05) is 6.07 Å². The standard InChI is InChI=1S/C13H12N2O3S2/c16-11(17)5-3-7-15-12(18)10(20-13(15)19)8-9-4-1-2-6-14-9/h1-2,4,6,8H,3,5,7H2,(H,16,17)/p-1/b10-8-. The van der Waals surface area contributed by atoms with Gasteiger partial charge in [-0.05, 0) is 31.1 Å². The Morgan fingerprint density at radius 3 is 2.95 bits per heavy atom. The first-order valence-corrected chi connectivity index (χ1v) is 7.16. The maximum absolute atomic E-state index is 12.2. The number of carboxylic acid groups (broad SMARTS) is 1. The van der Waals surface area contributed by atoms with Gasteiger partial charge >= 0.3 is 0 Å². The Bertz CT molecular complexity index is 572. The number of hydrogen-bond acceptors (Lipinski definition) is 6. The zero-order chi connectivity index (χ0) is 14.5. The van der Waals surface area contributed by atoms with Crippen LogP contribution in [0.3, 0.4) is 0 Å². The van der Waals surface area contributed by atoms with Crippen molar-refractivity contribution in [3.8, 4) is 0 Å². The van der Waals surface area contributed by atoms with E-state index < -0.39 is 5.97 Å². The summed E-state index contributed by atoms with van der Waals surface area (Å²) in [4.78, 5) is 28.6. The molecule has 0 radical (unpaired) electrons. The van der Waals surface area contributed by atoms with Crippen molar-refractivity contribution in [2.45, 2.75) is 12.8 Å². The van der Waals surface area contributed by atoms with Crippen LogP contribution in [0, 0.1) is 0 Å². The summed E-state index contributed by atoms with van der Waals surface area (Å²) in [5, 5.41) is 10.4. The van der Waals surface area contributed by atoms with Crippen LogP contribution < -0.4 is 5.11 Å². The minimum Gasteiger partial charge on any atom is -0.550 e. The predicted octanol–water partition coefficient (Wildman–Crippen LogP) is 0.813. The van der Waals surface area contributed by atoms with Crippen LogP contribution in [0.25, 0.3) is 6.08 Å². The number of pyridine rings is 1. The van der Waals surface area contributed by atoms with E-state index in [1.165, 1.54) is 16.7 Å². The second-order valence-electron chi connectivity index (χ2n) is 4.06. The molecule has 1 fully saturated rings. The fourth-order valence-corrected chi connectivity index (χ4v) is 2.96. The van der Waals surface area contributed by atoms with Gasteiger partial charge < -0.3 is 9.90 Å². The molecule has 1 aromatic heterocycles. The van der Waals surface area contributed by atoms with Gasteiger partial charge in [-0.2, -0.15) is 0 Å². The van der Waals surface area contributed by atoms with Gasteiger partial charge in [0.1, 0.15) is 4.32 Å². The Morgan fingerprint density at radius 1 is 1.50 bits per heavy atom. The molecule has 7 heteroatoms. The first-order chi connectivity index (χ1) is 9.58. The summed E-state index contributed by atoms with van der Waals surface area (Å²) in [6.45, 7) is 0.290. The third-order valence-electron chi connectivity index (χ3n) is 2.60. The third kappa shape index (κ3) is 3.64. The SMILES string of the molecule is O=C([O-])CCCN1C(=O)/C(=C/c2ccccn2)SC1=S. The van der Waals surface area contributed by atoms with E-state index in [2.05, 4.69) is 4.98 Å². The van der Waals surface area contributed by atoms with Crippen molar-refractivity contribution in [1.29, 1.82) is 0 Å². The molecule has 0 bridgehead atoms. The lowest BCUT2D eigenvalue weighted by atomic mass is 10.3. The molecule has 0 aromatic carbocycles. The molecule has 1 amide bonds. The number of carbonyl (C=O) groups is 2. The fraction of sp³-hybridized carbons (Fsp3) is 0.231. The number of carbonyl (C=O) groups excluding carboxylic acids is 2. The van der Waals surface area contributed by atoms with E-state index in [1.54, 1.807) is 24.4 Å². The Hall–Kier alpha value is -1.73. The van der Waals surface area contributed by atoms with Crippen molar-refractivity contribution in [2.75, 3.05) is 6.54 Å². The number of carboxylic acids is 1. The molecule has 1 aliphatic heterocycles. The molecule has 0 spiro atoms. The van der Waals surface area contributed by atoms with Crippen molar-refractivity contribution in [1.82, 2.24) is 9.88 Å². The highest BCUT2D eigenvalue weighted by atomic mass is 32.2. The number of nitrogens with zero attached hydrogens (tertiary/aromatic N) is 2. The molecule has 0 saturated carbocycles. The van der Waals surface area contributed by atoms with E-state index in [4.69, 9.17) is 12.2 Å². The Kier molecular flexibility index (Phi) is 4.86. The lowest BCUT2D eigenvalue weighted by molar-refractivity contribution is -0.305. The highest BCUT2D eigenvalue weighted by Gasteiger charge is 2.31. The van der Waals surface area contributed by atoms with E-state index >= 15 is 0 Å². The van der Waals surface area contributed by atoms with Crippen molar-refractivity contribution in [3.63, 3.8) is 0 Å². The van der Waals surface area contributed by atoms with Crippen molar-refractivity contribution >= 4 is 46.3 Å². The molecule has 20 heavy (non-hydrogen) atoms. The average molecular weight is 307 g/mol. The molecule has 0 N–H and O–H groups in total. The van der Waals surface area contributed by atoms with E-state index in [-0.39, 0.29) is 18.9 Å². The maximum atomic E-state index is 12.2. The summed E-state index contributed by atoms with van der Waals surface area (Å²) >= 11 is 6.33. The molecular formula is C13H11N2O3S2-. The van der Waals surface area contributed by atoms with Crippen LogP contribution >= 0.6 is 24.0 Å². The van der Waals surface area contributed by atoms with E-state index in [9.17, 15) is 14.7 Å². The number of hydrogen-bond donors (Lipinski definition) is 0. The maximum Gasteiger partial charge on any atom is 0.266 e. The molecule has 1 saturated heterocycles. The molecule has 0 atom stereocenters. The van der Waals surface area contributed by atoms with E-state index in [0.717, 1.165) is 0 Å². The third-order valence-corrected chi connectivity index (χ3v) is 3.98. The van der Waals surface area contributed by atoms with Gasteiger partial charge in [-0.3, -0.25) is 14.7 Å². The molecule has 2 heterocycles. The Morgan fingerprint density at radius 2 is 2.30 bits per heavy atom. The quantitative estimate of drug-likeness (QED) is 0.592. The van der Waals surface area contributed by atoms with Crippen molar-refractivity contribution in [3.05, 3.63) is 35.0 Å². The van der Waals surface area contributed by atoms with Crippen LogP contribution in [0.5, 0.6) is 0 Å². The number of rotatable bonds is 5. The van der Waals surface area contributed by atoms with Gasteiger partial charge in [0.2, 0.25) is 0 Å². The summed E-state index contributed by atoms with van der Waals surface area (Å²) in [5.41, 5.74) is 0.683. The van der Waals surface area contributed by atoms with Crippen LogP contribution in [0.15, 0.2) is 29.3 Å². The van der Waals surface area contributed by atoms with E-state index in [0.29, 0.717) is 21.3 Å². The lowest BCUT2D eigenvalue weighted by Crippen LogP contribution is -2.30. The number of thiocarbonyl (C=S) groups is 1. The van der Waals surface area contributed by atoms with Gasteiger partial charge in [0.05, 0.1) is 10.6 Å². The molecule has 0 aliphatic carbocycles. The highest BCUT2D eigenvalue weighted by Crippen LogP contribution is 2.32. The summed E-state index contributed by atoms with van der Waals surface area (Å²) in [7, 11) is 0. The second kappa shape index (κ2) is 6.62. The van der Waals surface area contributed by atoms with Crippen molar-refractivity contribution < 1.29 is 14.7 Å². The Labute approximate surface area is 125 Å². The minimum absolute atomic E-state index is 0.0870. The number of aromatic nitrogens is 1. The molecule has 1 aliphatic rings. The molecule has 0 unspecified atom stereocenters. The number of amides is 1. The van der Waals surface area contributed by atoms with Gasteiger partial charge in [0, 0.05) is 18.7 Å². The summed E-state index contributed by atoms with van der Waals surface area (Å²) in [5.74, 6) is -1.33. The first kappa shape index (κ1) is 14.7. The van der Waals surface area contributed by atoms with Crippen LogP contribution in [0.1, 0.15) is 18.5 Å².